The average molecular weight is 447 g/mol. The van der Waals surface area contributed by atoms with E-state index < -0.39 is 35.3 Å². The van der Waals surface area contributed by atoms with Crippen LogP contribution >= 0.6 is 31.9 Å². The lowest BCUT2D eigenvalue weighted by Crippen LogP contribution is -2.29. The van der Waals surface area contributed by atoms with Gasteiger partial charge in [0.25, 0.3) is 11.5 Å². The molecule has 0 saturated carbocycles. The molecule has 1 aromatic carbocycles. The smallest absolute Gasteiger partial charge is 0.345 e. The number of anilines is 1. The Balaban J connectivity index is 1.97. The van der Waals surface area contributed by atoms with Gasteiger partial charge in [-0.2, -0.15) is 0 Å². The molecule has 2 aromatic rings. The van der Waals surface area contributed by atoms with Gasteiger partial charge in [-0.1, -0.05) is 15.9 Å². The molecule has 8 nitrogen and oxygen atoms in total. The van der Waals surface area contributed by atoms with Crippen LogP contribution in [-0.2, 0) is 9.53 Å². The third-order valence-corrected chi connectivity index (χ3v) is 3.73. The lowest BCUT2D eigenvalue weighted by atomic mass is 10.3. The molecule has 0 aliphatic heterocycles. The second kappa shape index (κ2) is 7.38. The summed E-state index contributed by atoms with van der Waals surface area (Å²) >= 11 is 6.56. The molecule has 0 saturated heterocycles. The molecule has 120 valence electrons. The molecule has 10 heteroatoms. The van der Waals surface area contributed by atoms with Gasteiger partial charge in [0, 0.05) is 15.1 Å². The summed E-state index contributed by atoms with van der Waals surface area (Å²) < 4.78 is 6.20. The highest BCUT2D eigenvalue weighted by atomic mass is 79.9. The molecule has 0 fully saturated rings. The molecule has 1 amide bonds. The summed E-state index contributed by atoms with van der Waals surface area (Å²) in [4.78, 5) is 49.7. The first-order valence-corrected chi connectivity index (χ1v) is 7.69. The number of aromatic amines is 2. The maximum absolute atomic E-state index is 11.8. The van der Waals surface area contributed by atoms with Gasteiger partial charge in [-0.25, -0.2) is 9.59 Å². The zero-order chi connectivity index (χ0) is 17.0. The molecule has 1 heterocycles. The summed E-state index contributed by atoms with van der Waals surface area (Å²) in [6.45, 7) is -0.583. The highest BCUT2D eigenvalue weighted by Crippen LogP contribution is 2.25. The normalized spacial score (nSPS) is 10.2. The van der Waals surface area contributed by atoms with Crippen molar-refractivity contribution in [3.8, 4) is 0 Å². The van der Waals surface area contributed by atoms with Crippen LogP contribution in [0.5, 0.6) is 0 Å². The van der Waals surface area contributed by atoms with E-state index in [-0.39, 0.29) is 0 Å². The molecule has 3 N–H and O–H groups in total. The molecule has 0 aliphatic carbocycles. The fourth-order valence-corrected chi connectivity index (χ4v) is 2.69. The van der Waals surface area contributed by atoms with E-state index in [2.05, 4.69) is 42.2 Å². The van der Waals surface area contributed by atoms with E-state index >= 15 is 0 Å². The van der Waals surface area contributed by atoms with Crippen LogP contribution in [0.3, 0.4) is 0 Å². The third-order valence-electron chi connectivity index (χ3n) is 2.58. The van der Waals surface area contributed by atoms with Crippen molar-refractivity contribution in [1.29, 1.82) is 0 Å². The predicted molar refractivity (Wildman–Crippen MR) is 88.4 cm³/mol. The van der Waals surface area contributed by atoms with Crippen molar-refractivity contribution in [3.05, 3.63) is 59.7 Å². The Morgan fingerprint density at radius 1 is 1.22 bits per heavy atom. The summed E-state index contributed by atoms with van der Waals surface area (Å²) in [7, 11) is 0. The van der Waals surface area contributed by atoms with E-state index in [9.17, 15) is 19.2 Å². The van der Waals surface area contributed by atoms with Gasteiger partial charge in [0.2, 0.25) is 0 Å². The Morgan fingerprint density at radius 3 is 2.61 bits per heavy atom. The summed E-state index contributed by atoms with van der Waals surface area (Å²) in [5, 5.41) is 2.54. The molecule has 23 heavy (non-hydrogen) atoms. The number of amides is 1. The van der Waals surface area contributed by atoms with Crippen molar-refractivity contribution in [2.24, 2.45) is 0 Å². The van der Waals surface area contributed by atoms with Crippen molar-refractivity contribution in [1.82, 2.24) is 9.97 Å². The zero-order valence-electron chi connectivity index (χ0n) is 11.3. The van der Waals surface area contributed by atoms with Crippen LogP contribution in [0, 0.1) is 0 Å². The highest BCUT2D eigenvalue weighted by Gasteiger charge is 2.15. The predicted octanol–water partition coefficient (Wildman–Crippen LogP) is 1.38. The summed E-state index contributed by atoms with van der Waals surface area (Å²) in [6.07, 6.45) is 0.923. The molecule has 0 aliphatic rings. The Labute approximate surface area is 145 Å². The van der Waals surface area contributed by atoms with Crippen LogP contribution in [0.2, 0.25) is 0 Å². The zero-order valence-corrected chi connectivity index (χ0v) is 14.5. The Bertz CT molecular complexity index is 874. The maximum Gasteiger partial charge on any atom is 0.345 e. The lowest BCUT2D eigenvalue weighted by Gasteiger charge is -2.08. The molecular weight excluding hydrogens is 438 g/mol. The van der Waals surface area contributed by atoms with Gasteiger partial charge in [0.15, 0.2) is 6.61 Å². The van der Waals surface area contributed by atoms with E-state index in [0.29, 0.717) is 10.2 Å². The van der Waals surface area contributed by atoms with Crippen molar-refractivity contribution in [2.45, 2.75) is 0 Å². The van der Waals surface area contributed by atoms with Gasteiger partial charge in [-0.15, -0.1) is 0 Å². The van der Waals surface area contributed by atoms with E-state index in [1.54, 1.807) is 18.2 Å². The number of aromatic nitrogens is 2. The fourth-order valence-electron chi connectivity index (χ4n) is 1.55. The number of rotatable bonds is 4. The van der Waals surface area contributed by atoms with Gasteiger partial charge >= 0.3 is 11.7 Å². The van der Waals surface area contributed by atoms with Crippen LogP contribution in [0.4, 0.5) is 5.69 Å². The second-order valence-corrected chi connectivity index (χ2v) is 6.00. The molecule has 0 spiro atoms. The molecule has 2 rings (SSSR count). The van der Waals surface area contributed by atoms with Crippen LogP contribution in [0.15, 0.2) is 42.9 Å². The molecule has 1 aromatic heterocycles. The number of nitrogens with one attached hydrogen (secondary N) is 3. The second-order valence-electron chi connectivity index (χ2n) is 4.23. The number of H-pyrrole nitrogens is 2. The van der Waals surface area contributed by atoms with Crippen molar-refractivity contribution in [3.63, 3.8) is 0 Å². The monoisotopic (exact) mass is 445 g/mol. The summed E-state index contributed by atoms with van der Waals surface area (Å²) in [5.41, 5.74) is -1.54. The van der Waals surface area contributed by atoms with Crippen LogP contribution in [0.1, 0.15) is 10.4 Å². The Morgan fingerprint density at radius 2 is 1.96 bits per heavy atom. The minimum absolute atomic E-state index is 0.401. The first kappa shape index (κ1) is 17.2. The van der Waals surface area contributed by atoms with E-state index in [0.717, 1.165) is 10.7 Å². The Hall–Kier alpha value is -2.20. The quantitative estimate of drug-likeness (QED) is 0.612. The molecule has 0 radical (unpaired) electrons. The van der Waals surface area contributed by atoms with Crippen LogP contribution in [0.25, 0.3) is 0 Å². The van der Waals surface area contributed by atoms with Gasteiger partial charge in [0.1, 0.15) is 5.56 Å². The van der Waals surface area contributed by atoms with E-state index in [1.165, 1.54) is 0 Å². The number of halogens is 2. The number of carbonyl (C=O) groups is 2. The third kappa shape index (κ3) is 4.63. The maximum atomic E-state index is 11.8. The van der Waals surface area contributed by atoms with Crippen molar-refractivity contribution >= 4 is 49.4 Å². The van der Waals surface area contributed by atoms with Crippen molar-refractivity contribution < 1.29 is 14.3 Å². The van der Waals surface area contributed by atoms with Crippen LogP contribution < -0.4 is 16.6 Å². The van der Waals surface area contributed by atoms with E-state index in [1.807, 2.05) is 4.98 Å². The summed E-state index contributed by atoms with van der Waals surface area (Å²) in [5.74, 6) is -1.60. The topological polar surface area (TPSA) is 121 Å². The van der Waals surface area contributed by atoms with Crippen molar-refractivity contribution in [2.75, 3.05) is 11.9 Å². The minimum atomic E-state index is -1.02. The van der Waals surface area contributed by atoms with E-state index in [4.69, 9.17) is 4.74 Å². The van der Waals surface area contributed by atoms with Gasteiger partial charge in [0.05, 0.1) is 5.69 Å². The SMILES string of the molecule is O=C(COC(=O)c1c[nH]c(=O)[nH]c1=O)Nc1ccc(Br)cc1Br. The number of hydrogen-bond acceptors (Lipinski definition) is 5. The largest absolute Gasteiger partial charge is 0.452 e. The number of benzene rings is 1. The first-order valence-electron chi connectivity index (χ1n) is 6.11. The lowest BCUT2D eigenvalue weighted by molar-refractivity contribution is -0.119. The minimum Gasteiger partial charge on any atom is -0.452 e. The van der Waals surface area contributed by atoms with Gasteiger partial charge in [-0.3, -0.25) is 14.6 Å². The van der Waals surface area contributed by atoms with Gasteiger partial charge in [-0.05, 0) is 34.1 Å². The van der Waals surface area contributed by atoms with Gasteiger partial charge < -0.3 is 15.0 Å². The number of hydrogen-bond donors (Lipinski definition) is 3. The number of esters is 1. The Kier molecular flexibility index (Phi) is 5.50. The number of carbonyl (C=O) groups excluding carboxylic acids is 2. The fraction of sp³-hybridized carbons (Fsp3) is 0.0769. The first-order chi connectivity index (χ1) is 10.9. The molecule has 0 bridgehead atoms. The molecule has 0 atom stereocenters. The average Bonchev–Trinajstić information content (AvgIpc) is 2.48. The molecular formula is C13H9Br2N3O5. The highest BCUT2D eigenvalue weighted by molar-refractivity contribution is 9.11. The molecule has 0 unspecified atom stereocenters. The van der Waals surface area contributed by atoms with Crippen LogP contribution in [-0.4, -0.2) is 28.5 Å². The standard InChI is InChI=1S/C13H9Br2N3O5/c14-6-1-2-9(8(15)3-6)17-10(19)5-23-12(21)7-4-16-13(22)18-11(7)20/h1-4H,5H2,(H,17,19)(H2,16,18,20,22). The number of ether oxygens (including phenoxy) is 1. The summed E-state index contributed by atoms with van der Waals surface area (Å²) in [6, 6.07) is 5.12.